The molecule has 3 amide bonds. The Kier molecular flexibility index (Phi) is 8.63. The van der Waals surface area contributed by atoms with Crippen molar-refractivity contribution in [2.24, 2.45) is 23.5 Å². The summed E-state index contributed by atoms with van der Waals surface area (Å²) in [6.45, 7) is 4.88. The van der Waals surface area contributed by atoms with E-state index in [1.54, 1.807) is 6.08 Å². The maximum absolute atomic E-state index is 13.7. The molecule has 3 aromatic carbocycles. The highest BCUT2D eigenvalue weighted by Crippen LogP contribution is 2.38. The maximum Gasteiger partial charge on any atom is 0.245 e. The van der Waals surface area contributed by atoms with Crippen LogP contribution in [0.3, 0.4) is 0 Å². The van der Waals surface area contributed by atoms with E-state index in [1.807, 2.05) is 23.1 Å². The van der Waals surface area contributed by atoms with E-state index < -0.39 is 23.8 Å². The zero-order chi connectivity index (χ0) is 28.1. The first kappa shape index (κ1) is 27.6. The molecule has 6 nitrogen and oxygen atoms in total. The van der Waals surface area contributed by atoms with Gasteiger partial charge in [-0.3, -0.25) is 14.4 Å². The predicted molar refractivity (Wildman–Crippen MR) is 159 cm³/mol. The lowest BCUT2D eigenvalue weighted by Crippen LogP contribution is -2.50. The minimum Gasteiger partial charge on any atom is -0.369 e. The van der Waals surface area contributed by atoms with Crippen molar-refractivity contribution in [3.8, 4) is 11.1 Å². The van der Waals surface area contributed by atoms with Crippen molar-refractivity contribution < 1.29 is 14.4 Å². The molecule has 0 aromatic heterocycles. The van der Waals surface area contributed by atoms with Crippen LogP contribution in [0.25, 0.3) is 21.9 Å². The summed E-state index contributed by atoms with van der Waals surface area (Å²) in [7, 11) is 0. The SMILES string of the molecule is C=CC[C@H](C(N)=O)[C@@H](CC1CC1)C(=O)N[C@H]1CCCCN(Cc2cccc(-c3ccc4ccccc4c3)c2)C1=O. The fraction of sp³-hybridized carbons (Fsp3) is 0.382. The number of rotatable bonds is 11. The van der Waals surface area contributed by atoms with Crippen LogP contribution in [-0.2, 0) is 20.9 Å². The van der Waals surface area contributed by atoms with E-state index in [2.05, 4.69) is 60.4 Å². The molecule has 3 aromatic rings. The van der Waals surface area contributed by atoms with Gasteiger partial charge in [0.05, 0.1) is 11.8 Å². The molecule has 208 valence electrons. The lowest BCUT2D eigenvalue weighted by molar-refractivity contribution is -0.139. The molecule has 3 N–H and O–H groups in total. The summed E-state index contributed by atoms with van der Waals surface area (Å²) in [4.78, 5) is 41.2. The fourth-order valence-electron chi connectivity index (χ4n) is 5.94. The van der Waals surface area contributed by atoms with Gasteiger partial charge < -0.3 is 16.0 Å². The molecule has 1 aliphatic carbocycles. The molecule has 0 radical (unpaired) electrons. The van der Waals surface area contributed by atoms with E-state index in [-0.39, 0.29) is 11.8 Å². The number of amides is 3. The smallest absolute Gasteiger partial charge is 0.245 e. The number of likely N-dealkylation sites (tertiary alicyclic amines) is 1. The Balaban J connectivity index is 1.30. The molecule has 2 aliphatic rings. The molecule has 0 spiro atoms. The van der Waals surface area contributed by atoms with Gasteiger partial charge >= 0.3 is 0 Å². The Morgan fingerprint density at radius 2 is 1.73 bits per heavy atom. The first-order chi connectivity index (χ1) is 19.4. The largest absolute Gasteiger partial charge is 0.369 e. The van der Waals surface area contributed by atoms with Crippen LogP contribution in [0.2, 0.25) is 0 Å². The van der Waals surface area contributed by atoms with Crippen LogP contribution in [0.4, 0.5) is 0 Å². The molecule has 1 saturated carbocycles. The van der Waals surface area contributed by atoms with E-state index in [0.717, 1.165) is 42.4 Å². The highest BCUT2D eigenvalue weighted by Gasteiger charge is 2.38. The Hall–Kier alpha value is -3.93. The van der Waals surface area contributed by atoms with Crippen molar-refractivity contribution in [1.82, 2.24) is 10.2 Å². The first-order valence-electron chi connectivity index (χ1n) is 14.5. The number of benzene rings is 3. The number of primary amides is 1. The van der Waals surface area contributed by atoms with Crippen LogP contribution in [0, 0.1) is 17.8 Å². The van der Waals surface area contributed by atoms with Crippen LogP contribution < -0.4 is 11.1 Å². The summed E-state index contributed by atoms with van der Waals surface area (Å²) in [6.07, 6.45) is 7.09. The van der Waals surface area contributed by atoms with Crippen molar-refractivity contribution in [3.05, 3.63) is 84.9 Å². The van der Waals surface area contributed by atoms with Crippen molar-refractivity contribution in [1.29, 1.82) is 0 Å². The van der Waals surface area contributed by atoms with Gasteiger partial charge in [-0.05, 0) is 77.6 Å². The fourth-order valence-corrected chi connectivity index (χ4v) is 5.94. The molecule has 5 rings (SSSR count). The first-order valence-corrected chi connectivity index (χ1v) is 14.5. The number of hydrogen-bond acceptors (Lipinski definition) is 3. The summed E-state index contributed by atoms with van der Waals surface area (Å²) in [5.74, 6) is -1.49. The molecule has 1 aliphatic heterocycles. The van der Waals surface area contributed by atoms with Gasteiger partial charge in [-0.1, -0.05) is 73.5 Å². The summed E-state index contributed by atoms with van der Waals surface area (Å²) in [5, 5.41) is 5.43. The average molecular weight is 538 g/mol. The maximum atomic E-state index is 13.7. The second-order valence-corrected chi connectivity index (χ2v) is 11.4. The van der Waals surface area contributed by atoms with Crippen LogP contribution >= 0.6 is 0 Å². The van der Waals surface area contributed by atoms with Crippen molar-refractivity contribution in [2.45, 2.75) is 57.5 Å². The van der Waals surface area contributed by atoms with Crippen LogP contribution in [0.1, 0.15) is 50.5 Å². The minimum absolute atomic E-state index is 0.0634. The third kappa shape index (κ3) is 6.61. The lowest BCUT2D eigenvalue weighted by atomic mass is 9.83. The van der Waals surface area contributed by atoms with E-state index in [0.29, 0.717) is 38.3 Å². The number of nitrogens with two attached hydrogens (primary N) is 1. The van der Waals surface area contributed by atoms with Crippen molar-refractivity contribution >= 4 is 28.5 Å². The zero-order valence-corrected chi connectivity index (χ0v) is 23.1. The highest BCUT2D eigenvalue weighted by molar-refractivity contribution is 5.91. The monoisotopic (exact) mass is 537 g/mol. The highest BCUT2D eigenvalue weighted by atomic mass is 16.2. The lowest BCUT2D eigenvalue weighted by Gasteiger charge is -2.28. The molecule has 0 unspecified atom stereocenters. The van der Waals surface area contributed by atoms with E-state index in [9.17, 15) is 14.4 Å². The third-order valence-corrected chi connectivity index (χ3v) is 8.37. The van der Waals surface area contributed by atoms with Gasteiger partial charge in [0.15, 0.2) is 0 Å². The summed E-state index contributed by atoms with van der Waals surface area (Å²) in [5.41, 5.74) is 8.99. The molecule has 1 saturated heterocycles. The topological polar surface area (TPSA) is 92.5 Å². The molecule has 1 heterocycles. The number of hydrogen-bond donors (Lipinski definition) is 2. The zero-order valence-electron chi connectivity index (χ0n) is 23.1. The molecular formula is C34H39N3O3. The Morgan fingerprint density at radius 3 is 2.48 bits per heavy atom. The number of nitrogens with zero attached hydrogens (tertiary/aromatic N) is 1. The Morgan fingerprint density at radius 1 is 0.950 bits per heavy atom. The van der Waals surface area contributed by atoms with Gasteiger partial charge in [-0.2, -0.15) is 0 Å². The standard InChI is InChI=1S/C34H39N3O3/c1-2-8-29(32(35)38)30(20-23-14-15-23)33(39)36-31-13-5-6-18-37(34(31)40)22-24-9-7-12-26(19-24)28-17-16-25-10-3-4-11-27(25)21-28/h2-4,7,9-12,16-17,19,21,23,29-31H,1,5-6,8,13-15,18,20,22H2,(H2,35,38)(H,36,39)/t29-,30+,31-/m0/s1. The van der Waals surface area contributed by atoms with Crippen LogP contribution in [-0.4, -0.2) is 35.2 Å². The molecular weight excluding hydrogens is 498 g/mol. The molecule has 2 fully saturated rings. The van der Waals surface area contributed by atoms with Gasteiger partial charge in [-0.25, -0.2) is 0 Å². The Labute approximate surface area is 236 Å². The van der Waals surface area contributed by atoms with E-state index >= 15 is 0 Å². The van der Waals surface area contributed by atoms with Gasteiger partial charge in [0.25, 0.3) is 0 Å². The van der Waals surface area contributed by atoms with E-state index in [4.69, 9.17) is 5.73 Å². The van der Waals surface area contributed by atoms with E-state index in [1.165, 1.54) is 10.8 Å². The molecule has 6 heteroatoms. The summed E-state index contributed by atoms with van der Waals surface area (Å²) < 4.78 is 0. The number of carbonyl (C=O) groups excluding carboxylic acids is 3. The molecule has 0 bridgehead atoms. The summed E-state index contributed by atoms with van der Waals surface area (Å²) in [6, 6.07) is 22.5. The number of fused-ring (bicyclic) bond motifs is 1. The Bertz CT molecular complexity index is 1400. The van der Waals surface area contributed by atoms with Gasteiger partial charge in [0.2, 0.25) is 17.7 Å². The van der Waals surface area contributed by atoms with Crippen molar-refractivity contribution in [2.75, 3.05) is 6.54 Å². The van der Waals surface area contributed by atoms with Gasteiger partial charge in [0.1, 0.15) is 6.04 Å². The quantitative estimate of drug-likeness (QED) is 0.312. The second kappa shape index (κ2) is 12.5. The number of allylic oxidation sites excluding steroid dienone is 1. The summed E-state index contributed by atoms with van der Waals surface area (Å²) >= 11 is 0. The second-order valence-electron chi connectivity index (χ2n) is 11.4. The number of carbonyl (C=O) groups is 3. The number of nitrogens with one attached hydrogen (secondary N) is 1. The van der Waals surface area contributed by atoms with Gasteiger partial charge in [-0.15, -0.1) is 6.58 Å². The van der Waals surface area contributed by atoms with Crippen molar-refractivity contribution in [3.63, 3.8) is 0 Å². The average Bonchev–Trinajstić information content (AvgIpc) is 3.80. The van der Waals surface area contributed by atoms with Crippen LogP contribution in [0.5, 0.6) is 0 Å². The minimum atomic E-state index is -0.604. The molecule has 40 heavy (non-hydrogen) atoms. The third-order valence-electron chi connectivity index (χ3n) is 8.37. The van der Waals surface area contributed by atoms with Gasteiger partial charge in [0, 0.05) is 13.1 Å². The predicted octanol–water partition coefficient (Wildman–Crippen LogP) is 5.60. The normalized spacial score (nSPS) is 19.1. The van der Waals surface area contributed by atoms with Crippen LogP contribution in [0.15, 0.2) is 79.4 Å². The molecule has 3 atom stereocenters.